The van der Waals surface area contributed by atoms with Gasteiger partial charge in [0.25, 0.3) is 0 Å². The van der Waals surface area contributed by atoms with Crippen molar-refractivity contribution in [2.24, 2.45) is 5.92 Å². The minimum atomic E-state index is -0.215. The van der Waals surface area contributed by atoms with Crippen molar-refractivity contribution in [2.75, 3.05) is 0 Å². The van der Waals surface area contributed by atoms with Crippen LogP contribution in [0.15, 0.2) is 27.4 Å². The molecular formula is C14H17NO2. The Labute approximate surface area is 100 Å². The molecule has 0 aliphatic heterocycles. The molecule has 0 unspecified atom stereocenters. The first kappa shape index (κ1) is 10.6. The fourth-order valence-corrected chi connectivity index (χ4v) is 2.17. The van der Waals surface area contributed by atoms with Gasteiger partial charge in [-0.15, -0.1) is 0 Å². The summed E-state index contributed by atoms with van der Waals surface area (Å²) in [5.74, 6) is 0.933. The van der Waals surface area contributed by atoms with Crippen molar-refractivity contribution in [3.05, 3.63) is 34.3 Å². The minimum absolute atomic E-state index is 0.215. The Hall–Kier alpha value is -1.51. The largest absolute Gasteiger partial charge is 0.419 e. The SMILES string of the molecule is CC(C)c1ccc2oc(=O)n(CC3CC3)c2c1. The highest BCUT2D eigenvalue weighted by Crippen LogP contribution is 2.31. The molecule has 3 nitrogen and oxygen atoms in total. The minimum Gasteiger partial charge on any atom is -0.408 e. The summed E-state index contributed by atoms with van der Waals surface area (Å²) in [6, 6.07) is 6.04. The standard InChI is InChI=1S/C14H17NO2/c1-9(2)11-5-6-13-12(7-11)15(14(16)17-13)8-10-3-4-10/h5-7,9-10H,3-4,8H2,1-2H3. The van der Waals surface area contributed by atoms with Crippen LogP contribution >= 0.6 is 0 Å². The number of aromatic nitrogens is 1. The summed E-state index contributed by atoms with van der Waals surface area (Å²) in [5, 5.41) is 0. The van der Waals surface area contributed by atoms with Gasteiger partial charge >= 0.3 is 5.76 Å². The van der Waals surface area contributed by atoms with Crippen LogP contribution in [-0.2, 0) is 6.54 Å². The lowest BCUT2D eigenvalue weighted by Gasteiger charge is -2.05. The number of oxazole rings is 1. The maximum absolute atomic E-state index is 11.8. The van der Waals surface area contributed by atoms with Crippen molar-refractivity contribution < 1.29 is 4.42 Å². The van der Waals surface area contributed by atoms with Gasteiger partial charge in [-0.25, -0.2) is 4.79 Å². The average Bonchev–Trinajstić information content (AvgIpc) is 3.04. The molecule has 1 aromatic heterocycles. The van der Waals surface area contributed by atoms with E-state index in [0.29, 0.717) is 17.4 Å². The Morgan fingerprint density at radius 2 is 2.18 bits per heavy atom. The molecule has 17 heavy (non-hydrogen) atoms. The van der Waals surface area contributed by atoms with Crippen molar-refractivity contribution in [1.82, 2.24) is 4.57 Å². The molecule has 3 heteroatoms. The summed E-state index contributed by atoms with van der Waals surface area (Å²) >= 11 is 0. The maximum Gasteiger partial charge on any atom is 0.419 e. The molecule has 2 aromatic rings. The second-order valence-corrected chi connectivity index (χ2v) is 5.30. The van der Waals surface area contributed by atoms with Gasteiger partial charge in [-0.05, 0) is 42.4 Å². The van der Waals surface area contributed by atoms with E-state index in [2.05, 4.69) is 19.9 Å². The Bertz CT molecular complexity index is 602. The van der Waals surface area contributed by atoms with E-state index in [0.717, 1.165) is 12.1 Å². The molecule has 3 rings (SSSR count). The lowest BCUT2D eigenvalue weighted by Crippen LogP contribution is -2.15. The van der Waals surface area contributed by atoms with Gasteiger partial charge in [-0.1, -0.05) is 19.9 Å². The first-order chi connectivity index (χ1) is 8.15. The second-order valence-electron chi connectivity index (χ2n) is 5.30. The summed E-state index contributed by atoms with van der Waals surface area (Å²) in [7, 11) is 0. The van der Waals surface area contributed by atoms with Crippen LogP contribution in [0, 0.1) is 5.92 Å². The predicted molar refractivity (Wildman–Crippen MR) is 67.3 cm³/mol. The van der Waals surface area contributed by atoms with Crippen LogP contribution in [0.2, 0.25) is 0 Å². The second kappa shape index (κ2) is 3.76. The van der Waals surface area contributed by atoms with Crippen LogP contribution in [0.3, 0.4) is 0 Å². The van der Waals surface area contributed by atoms with E-state index in [4.69, 9.17) is 4.42 Å². The number of benzene rings is 1. The molecule has 0 atom stereocenters. The van der Waals surface area contributed by atoms with Gasteiger partial charge in [0.2, 0.25) is 0 Å². The van der Waals surface area contributed by atoms with Crippen LogP contribution in [0.1, 0.15) is 38.2 Å². The Balaban J connectivity index is 2.14. The Morgan fingerprint density at radius 3 is 2.82 bits per heavy atom. The van der Waals surface area contributed by atoms with Gasteiger partial charge in [-0.3, -0.25) is 4.57 Å². The van der Waals surface area contributed by atoms with Gasteiger partial charge < -0.3 is 4.42 Å². The molecule has 0 saturated heterocycles. The van der Waals surface area contributed by atoms with Crippen LogP contribution in [0.25, 0.3) is 11.1 Å². The Morgan fingerprint density at radius 1 is 1.41 bits per heavy atom. The summed E-state index contributed by atoms with van der Waals surface area (Å²) in [6.07, 6.45) is 2.48. The van der Waals surface area contributed by atoms with Crippen LogP contribution in [-0.4, -0.2) is 4.57 Å². The lowest BCUT2D eigenvalue weighted by atomic mass is 10.0. The highest BCUT2D eigenvalue weighted by molar-refractivity contribution is 5.74. The maximum atomic E-state index is 11.8. The first-order valence-corrected chi connectivity index (χ1v) is 6.28. The van der Waals surface area contributed by atoms with Crippen molar-refractivity contribution in [3.8, 4) is 0 Å². The zero-order valence-corrected chi connectivity index (χ0v) is 10.3. The van der Waals surface area contributed by atoms with Gasteiger partial charge in [-0.2, -0.15) is 0 Å². The third kappa shape index (κ3) is 1.90. The molecule has 1 aliphatic rings. The highest BCUT2D eigenvalue weighted by Gasteiger charge is 2.24. The zero-order valence-electron chi connectivity index (χ0n) is 10.3. The number of hydrogen-bond donors (Lipinski definition) is 0. The van der Waals surface area contributed by atoms with Crippen molar-refractivity contribution in [2.45, 2.75) is 39.2 Å². The molecule has 0 bridgehead atoms. The van der Waals surface area contributed by atoms with Crippen molar-refractivity contribution in [1.29, 1.82) is 0 Å². The van der Waals surface area contributed by atoms with E-state index in [-0.39, 0.29) is 5.76 Å². The van der Waals surface area contributed by atoms with Gasteiger partial charge in [0.15, 0.2) is 5.58 Å². The predicted octanol–water partition coefficient (Wildman–Crippen LogP) is 3.13. The van der Waals surface area contributed by atoms with E-state index in [1.54, 1.807) is 4.57 Å². The topological polar surface area (TPSA) is 35.1 Å². The quantitative estimate of drug-likeness (QED) is 0.813. The molecule has 1 aliphatic carbocycles. The van der Waals surface area contributed by atoms with Crippen LogP contribution < -0.4 is 5.76 Å². The van der Waals surface area contributed by atoms with Crippen molar-refractivity contribution in [3.63, 3.8) is 0 Å². The number of rotatable bonds is 3. The molecule has 0 amide bonds. The van der Waals surface area contributed by atoms with Gasteiger partial charge in [0, 0.05) is 6.54 Å². The van der Waals surface area contributed by atoms with Crippen molar-refractivity contribution >= 4 is 11.1 Å². The van der Waals surface area contributed by atoms with Crippen LogP contribution in [0.5, 0.6) is 0 Å². The van der Waals surface area contributed by atoms with E-state index >= 15 is 0 Å². The third-order valence-electron chi connectivity index (χ3n) is 3.50. The van der Waals surface area contributed by atoms with Gasteiger partial charge in [0.1, 0.15) is 0 Å². The number of nitrogens with zero attached hydrogens (tertiary/aromatic N) is 1. The fourth-order valence-electron chi connectivity index (χ4n) is 2.17. The molecule has 1 saturated carbocycles. The summed E-state index contributed by atoms with van der Waals surface area (Å²) in [4.78, 5) is 11.8. The third-order valence-corrected chi connectivity index (χ3v) is 3.50. The smallest absolute Gasteiger partial charge is 0.408 e. The lowest BCUT2D eigenvalue weighted by molar-refractivity contribution is 0.492. The zero-order chi connectivity index (χ0) is 12.0. The summed E-state index contributed by atoms with van der Waals surface area (Å²) < 4.78 is 7.06. The number of hydrogen-bond acceptors (Lipinski definition) is 2. The number of fused-ring (bicyclic) bond motifs is 1. The molecule has 90 valence electrons. The fraction of sp³-hybridized carbons (Fsp3) is 0.500. The molecule has 0 spiro atoms. The van der Waals surface area contributed by atoms with E-state index in [1.807, 2.05) is 12.1 Å². The molecule has 1 fully saturated rings. The van der Waals surface area contributed by atoms with E-state index in [1.165, 1.54) is 18.4 Å². The van der Waals surface area contributed by atoms with Crippen LogP contribution in [0.4, 0.5) is 0 Å². The molecule has 1 aromatic carbocycles. The molecule has 0 radical (unpaired) electrons. The molecule has 0 N–H and O–H groups in total. The molecule has 1 heterocycles. The average molecular weight is 231 g/mol. The molecular weight excluding hydrogens is 214 g/mol. The highest BCUT2D eigenvalue weighted by atomic mass is 16.4. The summed E-state index contributed by atoms with van der Waals surface area (Å²) in [6.45, 7) is 5.13. The van der Waals surface area contributed by atoms with E-state index < -0.39 is 0 Å². The van der Waals surface area contributed by atoms with E-state index in [9.17, 15) is 4.79 Å². The Kier molecular flexibility index (Phi) is 2.35. The normalized spacial score (nSPS) is 15.9. The monoisotopic (exact) mass is 231 g/mol. The summed E-state index contributed by atoms with van der Waals surface area (Å²) in [5.41, 5.74) is 2.91. The first-order valence-electron chi connectivity index (χ1n) is 6.28. The van der Waals surface area contributed by atoms with Gasteiger partial charge in [0.05, 0.1) is 5.52 Å².